The third kappa shape index (κ3) is 1.77. The zero-order valence-corrected chi connectivity index (χ0v) is 7.93. The Morgan fingerprint density at radius 1 is 1.67 bits per heavy atom. The first-order valence-electron chi connectivity index (χ1n) is 4.60. The van der Waals surface area contributed by atoms with Gasteiger partial charge in [-0.3, -0.25) is 0 Å². The van der Waals surface area contributed by atoms with Crippen molar-refractivity contribution in [2.24, 2.45) is 0 Å². The molecule has 0 spiro atoms. The van der Waals surface area contributed by atoms with Crippen LogP contribution in [0.15, 0.2) is 18.2 Å². The minimum atomic E-state index is -0.943. The average molecular weight is 203 g/mol. The van der Waals surface area contributed by atoms with Gasteiger partial charge in [0, 0.05) is 6.42 Å². The van der Waals surface area contributed by atoms with Crippen molar-refractivity contribution >= 4 is 5.97 Å². The van der Waals surface area contributed by atoms with E-state index in [4.69, 9.17) is 15.1 Å². The molecule has 1 aromatic rings. The minimum Gasteiger partial charge on any atom is -0.489 e. The molecule has 0 aromatic heterocycles. The summed E-state index contributed by atoms with van der Waals surface area (Å²) in [6, 6.07) is 6.81. The van der Waals surface area contributed by atoms with Crippen molar-refractivity contribution in [3.63, 3.8) is 0 Å². The quantitative estimate of drug-likeness (QED) is 0.792. The van der Waals surface area contributed by atoms with Gasteiger partial charge >= 0.3 is 5.97 Å². The van der Waals surface area contributed by atoms with Gasteiger partial charge in [-0.25, -0.2) is 4.79 Å². The van der Waals surface area contributed by atoms with Crippen molar-refractivity contribution in [2.75, 3.05) is 0 Å². The molecule has 0 aliphatic carbocycles. The maximum absolute atomic E-state index is 10.7. The number of nitrogens with zero attached hydrogens (tertiary/aromatic N) is 1. The van der Waals surface area contributed by atoms with Gasteiger partial charge in [0.15, 0.2) is 0 Å². The fourth-order valence-electron chi connectivity index (χ4n) is 1.67. The van der Waals surface area contributed by atoms with Gasteiger partial charge in [0.05, 0.1) is 18.1 Å². The van der Waals surface area contributed by atoms with E-state index in [0.717, 1.165) is 5.56 Å². The first-order chi connectivity index (χ1) is 7.20. The van der Waals surface area contributed by atoms with Crippen molar-refractivity contribution in [2.45, 2.75) is 18.9 Å². The molecule has 0 saturated heterocycles. The number of carboxylic acid groups (broad SMARTS) is 1. The number of rotatable bonds is 2. The summed E-state index contributed by atoms with van der Waals surface area (Å²) in [6.07, 6.45) is 0.815. The Labute approximate surface area is 86.7 Å². The minimum absolute atomic E-state index is 0.131. The molecule has 0 fully saturated rings. The molecule has 1 aliphatic rings. The molecule has 4 heteroatoms. The zero-order chi connectivity index (χ0) is 10.8. The van der Waals surface area contributed by atoms with Crippen LogP contribution in [0.3, 0.4) is 0 Å². The van der Waals surface area contributed by atoms with E-state index in [0.29, 0.717) is 18.6 Å². The van der Waals surface area contributed by atoms with Crippen LogP contribution in [0.1, 0.15) is 22.3 Å². The summed E-state index contributed by atoms with van der Waals surface area (Å²) in [7, 11) is 0. The monoisotopic (exact) mass is 203 g/mol. The van der Waals surface area contributed by atoms with E-state index in [1.54, 1.807) is 12.1 Å². The number of fused-ring (bicyclic) bond motifs is 1. The van der Waals surface area contributed by atoms with E-state index in [-0.39, 0.29) is 11.7 Å². The third-order valence-electron chi connectivity index (χ3n) is 2.37. The van der Waals surface area contributed by atoms with Crippen LogP contribution in [0.25, 0.3) is 0 Å². The van der Waals surface area contributed by atoms with Crippen molar-refractivity contribution in [3.8, 4) is 11.8 Å². The van der Waals surface area contributed by atoms with Crippen LogP contribution in [0, 0.1) is 11.3 Å². The van der Waals surface area contributed by atoms with Crippen molar-refractivity contribution in [3.05, 3.63) is 29.3 Å². The number of aromatic carboxylic acids is 1. The van der Waals surface area contributed by atoms with Gasteiger partial charge in [-0.05, 0) is 23.8 Å². The Kier molecular flexibility index (Phi) is 2.30. The number of carbonyl (C=O) groups is 1. The van der Waals surface area contributed by atoms with E-state index in [1.807, 2.05) is 6.07 Å². The lowest BCUT2D eigenvalue weighted by molar-refractivity contribution is 0.0697. The highest BCUT2D eigenvalue weighted by molar-refractivity contribution is 5.88. The van der Waals surface area contributed by atoms with Crippen LogP contribution in [-0.2, 0) is 6.42 Å². The summed E-state index contributed by atoms with van der Waals surface area (Å²) in [5.74, 6) is -0.248. The molecule has 1 unspecified atom stereocenters. The lowest BCUT2D eigenvalue weighted by Crippen LogP contribution is -2.10. The van der Waals surface area contributed by atoms with Crippen LogP contribution in [0.2, 0.25) is 0 Å². The average Bonchev–Trinajstić information content (AvgIpc) is 2.59. The lowest BCUT2D eigenvalue weighted by Gasteiger charge is -2.04. The summed E-state index contributed by atoms with van der Waals surface area (Å²) in [4.78, 5) is 10.7. The van der Waals surface area contributed by atoms with Gasteiger partial charge < -0.3 is 9.84 Å². The maximum Gasteiger partial charge on any atom is 0.335 e. The molecular weight excluding hydrogens is 194 g/mol. The van der Waals surface area contributed by atoms with Crippen LogP contribution in [0.5, 0.6) is 5.75 Å². The molecule has 1 N–H and O–H groups in total. The van der Waals surface area contributed by atoms with Gasteiger partial charge in [0.2, 0.25) is 0 Å². The van der Waals surface area contributed by atoms with Gasteiger partial charge in [0.1, 0.15) is 11.9 Å². The normalized spacial score (nSPS) is 17.7. The smallest absolute Gasteiger partial charge is 0.335 e. The number of hydrogen-bond acceptors (Lipinski definition) is 3. The van der Waals surface area contributed by atoms with Crippen LogP contribution >= 0.6 is 0 Å². The first kappa shape index (κ1) is 9.53. The highest BCUT2D eigenvalue weighted by Gasteiger charge is 2.23. The van der Waals surface area contributed by atoms with E-state index >= 15 is 0 Å². The molecule has 0 radical (unpaired) electrons. The Balaban J connectivity index is 2.24. The molecular formula is C11H9NO3. The number of benzene rings is 1. The summed E-state index contributed by atoms with van der Waals surface area (Å²) >= 11 is 0. The second kappa shape index (κ2) is 3.62. The van der Waals surface area contributed by atoms with E-state index < -0.39 is 5.97 Å². The molecule has 1 aromatic carbocycles. The highest BCUT2D eigenvalue weighted by atomic mass is 16.5. The largest absolute Gasteiger partial charge is 0.489 e. The molecule has 15 heavy (non-hydrogen) atoms. The maximum atomic E-state index is 10.7. The van der Waals surface area contributed by atoms with Gasteiger partial charge in [-0.15, -0.1) is 0 Å². The zero-order valence-electron chi connectivity index (χ0n) is 7.93. The predicted octanol–water partition coefficient (Wildman–Crippen LogP) is 1.60. The summed E-state index contributed by atoms with van der Waals surface area (Å²) < 4.78 is 5.47. The SMILES string of the molecule is N#CCC1Cc2cc(C(=O)O)ccc2O1. The predicted molar refractivity (Wildman–Crippen MR) is 51.8 cm³/mol. The van der Waals surface area contributed by atoms with Crippen molar-refractivity contribution < 1.29 is 14.6 Å². The van der Waals surface area contributed by atoms with E-state index in [1.165, 1.54) is 6.07 Å². The van der Waals surface area contributed by atoms with Crippen LogP contribution < -0.4 is 4.74 Å². The topological polar surface area (TPSA) is 70.3 Å². The molecule has 0 bridgehead atoms. The molecule has 2 rings (SSSR count). The second-order valence-electron chi connectivity index (χ2n) is 3.43. The number of nitriles is 1. The Morgan fingerprint density at radius 2 is 2.47 bits per heavy atom. The molecule has 4 nitrogen and oxygen atoms in total. The molecule has 0 amide bonds. The van der Waals surface area contributed by atoms with Crippen LogP contribution in [-0.4, -0.2) is 17.2 Å². The van der Waals surface area contributed by atoms with E-state index in [9.17, 15) is 4.79 Å². The second-order valence-corrected chi connectivity index (χ2v) is 3.43. The first-order valence-corrected chi connectivity index (χ1v) is 4.60. The summed E-state index contributed by atoms with van der Waals surface area (Å²) in [5.41, 5.74) is 1.13. The third-order valence-corrected chi connectivity index (χ3v) is 2.37. The highest BCUT2D eigenvalue weighted by Crippen LogP contribution is 2.30. The Morgan fingerprint density at radius 3 is 3.13 bits per heavy atom. The molecule has 1 aliphatic heterocycles. The van der Waals surface area contributed by atoms with E-state index in [2.05, 4.69) is 0 Å². The molecule has 1 heterocycles. The van der Waals surface area contributed by atoms with Crippen molar-refractivity contribution in [1.82, 2.24) is 0 Å². The standard InChI is InChI=1S/C11H9NO3/c12-4-3-9-6-8-5-7(11(13)14)1-2-10(8)15-9/h1-2,5,9H,3,6H2,(H,13,14). The molecule has 76 valence electrons. The molecule has 1 atom stereocenters. The summed E-state index contributed by atoms with van der Waals surface area (Å²) in [5, 5.41) is 17.3. The number of hydrogen-bond donors (Lipinski definition) is 1. The van der Waals surface area contributed by atoms with Gasteiger partial charge in [0.25, 0.3) is 0 Å². The Hall–Kier alpha value is -2.02. The fourth-order valence-corrected chi connectivity index (χ4v) is 1.67. The Bertz CT molecular complexity index is 448. The fraction of sp³-hybridized carbons (Fsp3) is 0.273. The van der Waals surface area contributed by atoms with Crippen LogP contribution in [0.4, 0.5) is 0 Å². The van der Waals surface area contributed by atoms with Gasteiger partial charge in [-0.1, -0.05) is 0 Å². The molecule has 0 saturated carbocycles. The van der Waals surface area contributed by atoms with Gasteiger partial charge in [-0.2, -0.15) is 5.26 Å². The summed E-state index contributed by atoms with van der Waals surface area (Å²) in [6.45, 7) is 0. The van der Waals surface area contributed by atoms with Crippen molar-refractivity contribution in [1.29, 1.82) is 5.26 Å². The number of carboxylic acids is 1. The number of ether oxygens (including phenoxy) is 1. The lowest BCUT2D eigenvalue weighted by atomic mass is 10.1.